The molecule has 0 spiro atoms. The first-order chi connectivity index (χ1) is 19.7. The Morgan fingerprint density at radius 2 is 1.93 bits per heavy atom. The van der Waals surface area contributed by atoms with Gasteiger partial charge in [-0.05, 0) is 67.2 Å². The Morgan fingerprint density at radius 3 is 2.76 bits per heavy atom. The Morgan fingerprint density at radius 1 is 1.10 bits per heavy atom. The molecule has 1 aliphatic heterocycles. The number of benzene rings is 1. The number of sulfonamides is 1. The van der Waals surface area contributed by atoms with Gasteiger partial charge in [-0.2, -0.15) is 0 Å². The van der Waals surface area contributed by atoms with Crippen LogP contribution >= 0.6 is 0 Å². The molecule has 0 saturated heterocycles. The van der Waals surface area contributed by atoms with Crippen LogP contribution in [0.4, 0.5) is 11.6 Å². The summed E-state index contributed by atoms with van der Waals surface area (Å²) in [6.07, 6.45) is 12.0. The molecule has 0 amide bonds. The topological polar surface area (TPSA) is 123 Å². The number of rotatable bonds is 6. The lowest BCUT2D eigenvalue weighted by molar-refractivity contribution is 0.310. The van der Waals surface area contributed by atoms with Crippen molar-refractivity contribution >= 4 is 21.7 Å². The van der Waals surface area contributed by atoms with Crippen LogP contribution in [0.5, 0.6) is 5.75 Å². The van der Waals surface area contributed by atoms with Crippen LogP contribution in [0.2, 0.25) is 0 Å². The second-order valence-electron chi connectivity index (χ2n) is 12.5. The number of aryl methyl sites for hydroxylation is 1. The molecule has 0 bridgehead atoms. The minimum atomic E-state index is -3.79. The first kappa shape index (κ1) is 27.9. The summed E-state index contributed by atoms with van der Waals surface area (Å²) < 4.78 is 35.4. The summed E-state index contributed by atoms with van der Waals surface area (Å²) in [4.78, 5) is 15.9. The highest BCUT2D eigenvalue weighted by Crippen LogP contribution is 2.39. The van der Waals surface area contributed by atoms with Crippen molar-refractivity contribution in [2.45, 2.75) is 76.7 Å². The minimum Gasteiger partial charge on any atom is -0.491 e. The maximum absolute atomic E-state index is 13.3. The fraction of sp³-hybridized carbons (Fsp3) is 0.516. The largest absolute Gasteiger partial charge is 0.491 e. The molecular weight excluding hydrogens is 536 g/mol. The summed E-state index contributed by atoms with van der Waals surface area (Å²) in [5, 5.41) is 0. The number of nitrogens with one attached hydrogen (secondary N) is 1. The molecule has 218 valence electrons. The Kier molecular flexibility index (Phi) is 7.63. The molecule has 1 aromatic carbocycles. The quantitative estimate of drug-likeness (QED) is 0.425. The number of nitrogen functional groups attached to an aromatic ring is 1. The van der Waals surface area contributed by atoms with E-state index in [1.807, 2.05) is 12.1 Å². The molecule has 10 heteroatoms. The highest BCUT2D eigenvalue weighted by molar-refractivity contribution is 7.89. The highest BCUT2D eigenvalue weighted by atomic mass is 32.2. The second kappa shape index (κ2) is 11.2. The molecular formula is C31H40N6O3S. The van der Waals surface area contributed by atoms with E-state index in [0.29, 0.717) is 37.7 Å². The number of pyridine rings is 1. The molecule has 0 unspecified atom stereocenters. The fourth-order valence-corrected chi connectivity index (χ4v) is 7.63. The smallest absolute Gasteiger partial charge is 0.244 e. The molecule has 3 N–H and O–H groups in total. The van der Waals surface area contributed by atoms with Crippen molar-refractivity contribution < 1.29 is 13.2 Å². The molecule has 0 atom stereocenters. The summed E-state index contributed by atoms with van der Waals surface area (Å²) in [5.74, 6) is 2.18. The van der Waals surface area contributed by atoms with Crippen LogP contribution < -0.4 is 20.1 Å². The van der Waals surface area contributed by atoms with E-state index < -0.39 is 10.0 Å². The van der Waals surface area contributed by atoms with E-state index in [-0.39, 0.29) is 16.1 Å². The van der Waals surface area contributed by atoms with Gasteiger partial charge in [-0.15, -0.1) is 0 Å². The Balaban J connectivity index is 1.27. The number of hydrogen-bond donors (Lipinski definition) is 2. The lowest BCUT2D eigenvalue weighted by Crippen LogP contribution is -2.31. The van der Waals surface area contributed by atoms with Gasteiger partial charge in [0.25, 0.3) is 0 Å². The zero-order chi connectivity index (χ0) is 28.6. The zero-order valence-electron chi connectivity index (χ0n) is 24.0. The van der Waals surface area contributed by atoms with Crippen molar-refractivity contribution in [1.82, 2.24) is 19.7 Å². The van der Waals surface area contributed by atoms with Gasteiger partial charge >= 0.3 is 0 Å². The molecule has 41 heavy (non-hydrogen) atoms. The standard InChI is InChI=1S/C31H40N6O3S/c1-31(2)11-10-26-25(16-31)30(35-20-34-26)37-12-13-40-27-9-8-22(14-24(27)19-37)23-15-28(29(32)33-18-23)41(38,39)36-17-21-6-4-3-5-7-21/h8-9,14-15,18,20-21,36H,3-7,10-13,16-17,19H2,1-2H3,(H2,32,33). The van der Waals surface area contributed by atoms with Crippen molar-refractivity contribution in [3.8, 4) is 16.9 Å². The van der Waals surface area contributed by atoms with Gasteiger partial charge in [-0.1, -0.05) is 39.2 Å². The fourth-order valence-electron chi connectivity index (χ4n) is 6.41. The van der Waals surface area contributed by atoms with Gasteiger partial charge in [-0.3, -0.25) is 0 Å². The van der Waals surface area contributed by atoms with Gasteiger partial charge in [0, 0.05) is 41.7 Å². The maximum atomic E-state index is 13.3. The molecule has 3 heterocycles. The summed E-state index contributed by atoms with van der Waals surface area (Å²) >= 11 is 0. The van der Waals surface area contributed by atoms with Gasteiger partial charge in [0.15, 0.2) is 0 Å². The van der Waals surface area contributed by atoms with E-state index in [4.69, 9.17) is 15.5 Å². The zero-order valence-corrected chi connectivity index (χ0v) is 24.8. The van der Waals surface area contributed by atoms with Gasteiger partial charge < -0.3 is 15.4 Å². The van der Waals surface area contributed by atoms with Crippen molar-refractivity contribution in [2.24, 2.45) is 11.3 Å². The number of anilines is 2. The summed E-state index contributed by atoms with van der Waals surface area (Å²) in [6, 6.07) is 7.59. The number of nitrogens with zero attached hydrogens (tertiary/aromatic N) is 4. The Bertz CT molecular complexity index is 1530. The van der Waals surface area contributed by atoms with Gasteiger partial charge in [0.05, 0.1) is 6.54 Å². The van der Waals surface area contributed by atoms with Crippen LogP contribution in [0.15, 0.2) is 41.7 Å². The van der Waals surface area contributed by atoms with E-state index in [9.17, 15) is 8.42 Å². The van der Waals surface area contributed by atoms with Crippen LogP contribution in [0.3, 0.4) is 0 Å². The molecule has 6 rings (SSSR count). The number of ether oxygens (including phenoxy) is 1. The highest BCUT2D eigenvalue weighted by Gasteiger charge is 2.31. The van der Waals surface area contributed by atoms with Crippen molar-refractivity contribution in [3.63, 3.8) is 0 Å². The molecule has 3 aromatic rings. The van der Waals surface area contributed by atoms with E-state index in [1.165, 1.54) is 12.0 Å². The van der Waals surface area contributed by atoms with E-state index in [0.717, 1.165) is 73.3 Å². The van der Waals surface area contributed by atoms with Crippen LogP contribution in [0, 0.1) is 11.3 Å². The number of aromatic nitrogens is 3. The third kappa shape index (κ3) is 6.04. The summed E-state index contributed by atoms with van der Waals surface area (Å²) in [6.45, 7) is 6.94. The van der Waals surface area contributed by atoms with Crippen molar-refractivity contribution in [3.05, 3.63) is 53.6 Å². The lowest BCUT2D eigenvalue weighted by Gasteiger charge is -2.33. The monoisotopic (exact) mass is 576 g/mol. The van der Waals surface area contributed by atoms with E-state index in [1.54, 1.807) is 18.6 Å². The number of fused-ring (bicyclic) bond motifs is 2. The van der Waals surface area contributed by atoms with Crippen LogP contribution in [0.25, 0.3) is 11.1 Å². The third-order valence-corrected chi connectivity index (χ3v) is 10.3. The summed E-state index contributed by atoms with van der Waals surface area (Å²) in [5.41, 5.74) is 11.2. The van der Waals surface area contributed by atoms with Crippen molar-refractivity contribution in [1.29, 1.82) is 0 Å². The summed E-state index contributed by atoms with van der Waals surface area (Å²) in [7, 11) is -3.79. The molecule has 1 saturated carbocycles. The minimum absolute atomic E-state index is 0.00521. The normalized spacial score (nSPS) is 19.1. The first-order valence-corrected chi connectivity index (χ1v) is 16.3. The molecule has 3 aliphatic rings. The van der Waals surface area contributed by atoms with E-state index in [2.05, 4.69) is 39.5 Å². The number of hydrogen-bond acceptors (Lipinski definition) is 8. The Labute approximate surface area is 243 Å². The van der Waals surface area contributed by atoms with Gasteiger partial charge in [-0.25, -0.2) is 28.1 Å². The molecule has 2 aromatic heterocycles. The lowest BCUT2D eigenvalue weighted by atomic mass is 9.76. The number of nitrogens with two attached hydrogens (primary N) is 1. The first-order valence-electron chi connectivity index (χ1n) is 14.8. The average Bonchev–Trinajstić information content (AvgIpc) is 3.18. The molecule has 9 nitrogen and oxygen atoms in total. The Hall–Kier alpha value is -3.24. The molecule has 2 aliphatic carbocycles. The third-order valence-electron chi connectivity index (χ3n) is 8.84. The van der Waals surface area contributed by atoms with Gasteiger partial charge in [0.1, 0.15) is 35.2 Å². The van der Waals surface area contributed by atoms with Crippen LogP contribution in [-0.2, 0) is 29.4 Å². The van der Waals surface area contributed by atoms with Crippen LogP contribution in [0.1, 0.15) is 69.2 Å². The van der Waals surface area contributed by atoms with E-state index >= 15 is 0 Å². The molecule has 1 fully saturated rings. The predicted molar refractivity (Wildman–Crippen MR) is 160 cm³/mol. The van der Waals surface area contributed by atoms with Gasteiger partial charge in [0.2, 0.25) is 10.0 Å². The second-order valence-corrected chi connectivity index (χ2v) is 14.3. The van der Waals surface area contributed by atoms with Crippen molar-refractivity contribution in [2.75, 3.05) is 30.3 Å². The SMILES string of the molecule is CC1(C)CCc2ncnc(N3CCOc4ccc(-c5cnc(N)c(S(=O)(=O)NCC6CCCCC6)c5)cc4C3)c2C1. The molecule has 0 radical (unpaired) electrons. The maximum Gasteiger partial charge on any atom is 0.244 e. The average molecular weight is 577 g/mol. The predicted octanol–water partition coefficient (Wildman–Crippen LogP) is 4.89. The van der Waals surface area contributed by atoms with Crippen LogP contribution in [-0.4, -0.2) is 43.1 Å².